The second-order valence-electron chi connectivity index (χ2n) is 10.2. The average molecular weight is 599 g/mol. The van der Waals surface area contributed by atoms with Crippen molar-refractivity contribution in [2.75, 3.05) is 19.8 Å². The molecule has 0 aromatic heterocycles. The number of rotatable bonds is 19. The second kappa shape index (κ2) is 18.4. The minimum absolute atomic E-state index is 0.0291. The molecule has 1 heterocycles. The van der Waals surface area contributed by atoms with Crippen LogP contribution in [0.25, 0.3) is 6.08 Å². The van der Waals surface area contributed by atoms with Gasteiger partial charge < -0.3 is 28.8 Å². The summed E-state index contributed by atoms with van der Waals surface area (Å²) >= 11 is 0. The fraction of sp³-hybridized carbons (Fsp3) is 0.455. The Labute approximate surface area is 253 Å². The van der Waals surface area contributed by atoms with Crippen LogP contribution in [0, 0.1) is 5.92 Å². The zero-order valence-corrected chi connectivity index (χ0v) is 25.0. The van der Waals surface area contributed by atoms with Gasteiger partial charge in [0.2, 0.25) is 6.29 Å². The number of hydrogen-bond donors (Lipinski definition) is 1. The van der Waals surface area contributed by atoms with Gasteiger partial charge in [0, 0.05) is 24.5 Å². The summed E-state index contributed by atoms with van der Waals surface area (Å²) in [5.41, 5.74) is -0.582. The fourth-order valence-electron chi connectivity index (χ4n) is 4.20. The maximum atomic E-state index is 13.3. The molecule has 1 N–H and O–H groups in total. The third-order valence-electron chi connectivity index (χ3n) is 6.67. The summed E-state index contributed by atoms with van der Waals surface area (Å²) in [7, 11) is 0. The Bertz CT molecular complexity index is 1170. The van der Waals surface area contributed by atoms with E-state index in [1.54, 1.807) is 12.2 Å². The number of unbranched alkanes of at least 4 members (excludes halogenated alkanes) is 1. The van der Waals surface area contributed by atoms with Crippen LogP contribution in [0.4, 0.5) is 4.79 Å². The highest BCUT2D eigenvalue weighted by atomic mass is 16.8. The van der Waals surface area contributed by atoms with Gasteiger partial charge in [-0.25, -0.2) is 19.2 Å². The van der Waals surface area contributed by atoms with Crippen molar-refractivity contribution in [1.82, 2.24) is 0 Å². The van der Waals surface area contributed by atoms with Crippen LogP contribution in [0.5, 0.6) is 0 Å². The summed E-state index contributed by atoms with van der Waals surface area (Å²) in [6.07, 6.45) is 7.25. The Kier molecular flexibility index (Phi) is 15.0. The number of ether oxygens (including phenoxy) is 5. The summed E-state index contributed by atoms with van der Waals surface area (Å²) in [5.74, 6) is -1.92. The minimum Gasteiger partial charge on any atom is -0.462 e. The molecule has 1 aliphatic rings. The smallest absolute Gasteiger partial charge is 0.462 e. The van der Waals surface area contributed by atoms with Crippen molar-refractivity contribution < 1.29 is 48.0 Å². The molecule has 1 aromatic rings. The first kappa shape index (κ1) is 35.0. The van der Waals surface area contributed by atoms with Gasteiger partial charge in [0.05, 0.1) is 18.8 Å². The summed E-state index contributed by atoms with van der Waals surface area (Å²) in [6, 6.07) is 9.33. The van der Waals surface area contributed by atoms with E-state index in [0.717, 1.165) is 37.3 Å². The standard InChI is InChI=1S/C33H42O10/c1-5-8-13-25(6-2)22-40-31(37)27(18-17-26-14-10-9-11-15-26)21-33(23-41-32(38)43-33)20-24(4)30(36)39-19-12-16-29(35)42-28(34)7-3/h7,9-11,14-15,17-18,21,25,29,35H,3-6,8,12-13,16,19-20,22-23H2,1-2H3. The average Bonchev–Trinajstić information content (AvgIpc) is 3.36. The third kappa shape index (κ3) is 12.7. The molecule has 0 amide bonds. The van der Waals surface area contributed by atoms with Gasteiger partial charge in [0.15, 0.2) is 5.60 Å². The highest BCUT2D eigenvalue weighted by molar-refractivity contribution is 5.93. The Hall–Kier alpha value is -4.18. The summed E-state index contributed by atoms with van der Waals surface area (Å²) in [4.78, 5) is 49.2. The van der Waals surface area contributed by atoms with Crippen molar-refractivity contribution in [3.8, 4) is 0 Å². The number of aliphatic hydroxyl groups is 1. The highest BCUT2D eigenvalue weighted by Crippen LogP contribution is 2.31. The van der Waals surface area contributed by atoms with Gasteiger partial charge in [-0.3, -0.25) is 0 Å². The molecule has 1 aromatic carbocycles. The molecule has 3 atom stereocenters. The van der Waals surface area contributed by atoms with E-state index in [1.165, 1.54) is 6.08 Å². The number of carbonyl (C=O) groups excluding carboxylic acids is 4. The van der Waals surface area contributed by atoms with Crippen molar-refractivity contribution in [3.05, 3.63) is 78.4 Å². The molecular weight excluding hydrogens is 556 g/mol. The lowest BCUT2D eigenvalue weighted by molar-refractivity contribution is -0.163. The Morgan fingerprint density at radius 3 is 2.47 bits per heavy atom. The monoisotopic (exact) mass is 598 g/mol. The van der Waals surface area contributed by atoms with Gasteiger partial charge in [0.1, 0.15) is 6.61 Å². The van der Waals surface area contributed by atoms with Crippen LogP contribution in [0.3, 0.4) is 0 Å². The molecule has 1 saturated heterocycles. The van der Waals surface area contributed by atoms with Gasteiger partial charge >= 0.3 is 24.1 Å². The van der Waals surface area contributed by atoms with Crippen molar-refractivity contribution in [2.24, 2.45) is 5.92 Å². The number of hydrogen-bond acceptors (Lipinski definition) is 10. The number of cyclic esters (lactones) is 2. The van der Waals surface area contributed by atoms with E-state index in [4.69, 9.17) is 18.9 Å². The maximum absolute atomic E-state index is 13.3. The molecule has 0 saturated carbocycles. The largest absolute Gasteiger partial charge is 0.509 e. The highest BCUT2D eigenvalue weighted by Gasteiger charge is 2.43. The summed E-state index contributed by atoms with van der Waals surface area (Å²) < 4.78 is 26.1. The fourth-order valence-corrected chi connectivity index (χ4v) is 4.20. The minimum atomic E-state index is -1.51. The first-order chi connectivity index (χ1) is 20.6. The van der Waals surface area contributed by atoms with Crippen LogP contribution in [-0.2, 0) is 38.1 Å². The predicted octanol–water partition coefficient (Wildman–Crippen LogP) is 5.61. The number of benzene rings is 1. The molecule has 234 valence electrons. The molecular formula is C33H42O10. The Morgan fingerprint density at radius 2 is 1.84 bits per heavy atom. The zero-order valence-electron chi connectivity index (χ0n) is 25.0. The summed E-state index contributed by atoms with van der Waals surface area (Å²) in [6.45, 7) is 11.1. The van der Waals surface area contributed by atoms with Gasteiger partial charge in [-0.2, -0.15) is 0 Å². The molecule has 2 rings (SSSR count). The first-order valence-electron chi connectivity index (χ1n) is 14.5. The van der Waals surface area contributed by atoms with E-state index in [1.807, 2.05) is 30.3 Å². The molecule has 43 heavy (non-hydrogen) atoms. The molecule has 0 spiro atoms. The van der Waals surface area contributed by atoms with E-state index in [2.05, 4.69) is 31.7 Å². The molecule has 10 nitrogen and oxygen atoms in total. The van der Waals surface area contributed by atoms with Gasteiger partial charge in [-0.15, -0.1) is 0 Å². The molecule has 10 heteroatoms. The SMILES string of the molecule is C=CC(=O)OC(O)CCCOC(=O)C(=C)CC1(C=C(C=Cc2ccccc2)C(=O)OCC(CC)CCCC)COC(=O)O1. The molecule has 1 fully saturated rings. The molecule has 0 radical (unpaired) electrons. The quantitative estimate of drug-likeness (QED) is 0.0535. The van der Waals surface area contributed by atoms with Crippen LogP contribution in [0.15, 0.2) is 72.9 Å². The van der Waals surface area contributed by atoms with Gasteiger partial charge in [-0.05, 0) is 36.5 Å². The van der Waals surface area contributed by atoms with E-state index in [9.17, 15) is 24.3 Å². The molecule has 0 bridgehead atoms. The maximum Gasteiger partial charge on any atom is 0.509 e. The number of esters is 3. The van der Waals surface area contributed by atoms with Gasteiger partial charge in [-0.1, -0.05) is 82.7 Å². The van der Waals surface area contributed by atoms with E-state index in [0.29, 0.717) is 0 Å². The van der Waals surface area contributed by atoms with Crippen LogP contribution < -0.4 is 0 Å². The van der Waals surface area contributed by atoms with Gasteiger partial charge in [0.25, 0.3) is 0 Å². The van der Waals surface area contributed by atoms with E-state index < -0.39 is 36.0 Å². The Balaban J connectivity index is 2.18. The van der Waals surface area contributed by atoms with Crippen molar-refractivity contribution >= 4 is 30.1 Å². The lowest BCUT2D eigenvalue weighted by atomic mass is 9.92. The molecule has 3 unspecified atom stereocenters. The number of aliphatic hydroxyl groups excluding tert-OH is 1. The lowest BCUT2D eigenvalue weighted by Gasteiger charge is -2.23. The van der Waals surface area contributed by atoms with E-state index in [-0.39, 0.29) is 56.1 Å². The Morgan fingerprint density at radius 1 is 1.09 bits per heavy atom. The number of carbonyl (C=O) groups is 4. The summed E-state index contributed by atoms with van der Waals surface area (Å²) in [5, 5.41) is 9.68. The predicted molar refractivity (Wildman–Crippen MR) is 159 cm³/mol. The zero-order chi connectivity index (χ0) is 31.7. The second-order valence-corrected chi connectivity index (χ2v) is 10.2. The van der Waals surface area contributed by atoms with Crippen molar-refractivity contribution in [2.45, 2.75) is 70.7 Å². The van der Waals surface area contributed by atoms with Crippen LogP contribution >= 0.6 is 0 Å². The molecule has 0 aliphatic carbocycles. The molecule has 1 aliphatic heterocycles. The lowest BCUT2D eigenvalue weighted by Crippen LogP contribution is -2.33. The third-order valence-corrected chi connectivity index (χ3v) is 6.67. The van der Waals surface area contributed by atoms with Crippen LogP contribution in [-0.4, -0.2) is 60.9 Å². The van der Waals surface area contributed by atoms with Crippen LogP contribution in [0.1, 0.15) is 64.4 Å². The first-order valence-corrected chi connectivity index (χ1v) is 14.5. The van der Waals surface area contributed by atoms with Crippen molar-refractivity contribution in [3.63, 3.8) is 0 Å². The van der Waals surface area contributed by atoms with Crippen LogP contribution in [0.2, 0.25) is 0 Å². The van der Waals surface area contributed by atoms with Crippen molar-refractivity contribution in [1.29, 1.82) is 0 Å². The normalized spacial score (nSPS) is 17.8. The van der Waals surface area contributed by atoms with E-state index >= 15 is 0 Å². The topological polar surface area (TPSA) is 135 Å².